The minimum Gasteiger partial charge on any atom is -0.492 e. The number of nitrogens with zero attached hydrogens (tertiary/aromatic N) is 2. The van der Waals surface area contributed by atoms with Crippen molar-refractivity contribution in [2.45, 2.75) is 13.3 Å². The molecule has 1 unspecified atom stereocenters. The zero-order valence-corrected chi connectivity index (χ0v) is 17.4. The van der Waals surface area contributed by atoms with Gasteiger partial charge in [0, 0.05) is 37.7 Å². The van der Waals surface area contributed by atoms with E-state index in [0.29, 0.717) is 24.1 Å². The van der Waals surface area contributed by atoms with Gasteiger partial charge in [-0.05, 0) is 31.5 Å². The van der Waals surface area contributed by atoms with Crippen LogP contribution < -0.4 is 10.1 Å². The van der Waals surface area contributed by atoms with Crippen molar-refractivity contribution in [2.75, 3.05) is 46.5 Å². The molecule has 1 N–H and O–H groups in total. The summed E-state index contributed by atoms with van der Waals surface area (Å²) in [5, 5.41) is 4.03. The van der Waals surface area contributed by atoms with Gasteiger partial charge < -0.3 is 19.7 Å². The Hall–Kier alpha value is -0.730. The number of halogens is 2. The Morgan fingerprint density at radius 1 is 1.46 bits per heavy atom. The Labute approximate surface area is 166 Å². The zero-order valence-electron chi connectivity index (χ0n) is 14.3. The third-order valence-corrected chi connectivity index (χ3v) is 3.98. The number of hydrogen-bond acceptors (Lipinski definition) is 3. The number of hydrogen-bond donors (Lipinski definition) is 1. The van der Waals surface area contributed by atoms with Gasteiger partial charge >= 0.3 is 0 Å². The summed E-state index contributed by atoms with van der Waals surface area (Å²) in [6.07, 6.45) is 1.15. The second-order valence-electron chi connectivity index (χ2n) is 5.60. The molecule has 0 amide bonds. The van der Waals surface area contributed by atoms with Gasteiger partial charge in [-0.15, -0.1) is 24.0 Å². The summed E-state index contributed by atoms with van der Waals surface area (Å²) in [6, 6.07) is 7.42. The van der Waals surface area contributed by atoms with Gasteiger partial charge in [0.1, 0.15) is 12.4 Å². The molecular formula is C17H27ClIN3O2. The van der Waals surface area contributed by atoms with E-state index in [9.17, 15) is 0 Å². The first kappa shape index (κ1) is 21.3. The average Bonchev–Trinajstić information content (AvgIpc) is 2.99. The molecule has 1 aromatic carbocycles. The summed E-state index contributed by atoms with van der Waals surface area (Å²) < 4.78 is 10.9. The van der Waals surface area contributed by atoms with Crippen LogP contribution in [0.2, 0.25) is 5.02 Å². The molecule has 1 atom stereocenters. The van der Waals surface area contributed by atoms with Crippen LogP contribution in [0, 0.1) is 5.92 Å². The Morgan fingerprint density at radius 2 is 2.29 bits per heavy atom. The molecule has 1 aromatic rings. The number of methoxy groups -OCH3 is 1. The van der Waals surface area contributed by atoms with Crippen molar-refractivity contribution < 1.29 is 9.47 Å². The minimum atomic E-state index is 0. The first-order chi connectivity index (χ1) is 11.2. The molecule has 1 saturated heterocycles. The summed E-state index contributed by atoms with van der Waals surface area (Å²) in [5.41, 5.74) is 0. The SMILES string of the molecule is CCNC(=NCCOc1cccc(Cl)c1)N1CCC(COC)C1.I. The molecule has 1 heterocycles. The van der Waals surface area contributed by atoms with Crippen molar-refractivity contribution in [2.24, 2.45) is 10.9 Å². The fraction of sp³-hybridized carbons (Fsp3) is 0.588. The van der Waals surface area contributed by atoms with E-state index in [2.05, 4.69) is 22.1 Å². The molecule has 2 rings (SSSR count). The van der Waals surface area contributed by atoms with Crippen LogP contribution in [0.3, 0.4) is 0 Å². The maximum Gasteiger partial charge on any atom is 0.194 e. The maximum absolute atomic E-state index is 5.94. The standard InChI is InChI=1S/C17H26ClN3O2.HI/c1-3-19-17(21-9-7-14(12-21)13-22-2)20-8-10-23-16-6-4-5-15(18)11-16;/h4-6,11,14H,3,7-10,12-13H2,1-2H3,(H,19,20);1H. The van der Waals surface area contributed by atoms with Crippen molar-refractivity contribution >= 4 is 41.5 Å². The highest BCUT2D eigenvalue weighted by Gasteiger charge is 2.24. The van der Waals surface area contributed by atoms with Gasteiger partial charge in [0.05, 0.1) is 13.2 Å². The normalized spacial score (nSPS) is 17.5. The van der Waals surface area contributed by atoms with Crippen molar-refractivity contribution in [3.63, 3.8) is 0 Å². The van der Waals surface area contributed by atoms with Crippen molar-refractivity contribution in [1.29, 1.82) is 0 Å². The lowest BCUT2D eigenvalue weighted by atomic mass is 10.1. The smallest absolute Gasteiger partial charge is 0.194 e. The Bertz CT molecular complexity index is 516. The van der Waals surface area contributed by atoms with E-state index in [4.69, 9.17) is 21.1 Å². The first-order valence-corrected chi connectivity index (χ1v) is 8.51. The topological polar surface area (TPSA) is 46.1 Å². The molecule has 136 valence electrons. The fourth-order valence-corrected chi connectivity index (χ4v) is 2.87. The van der Waals surface area contributed by atoms with Gasteiger partial charge in [-0.25, -0.2) is 4.99 Å². The third kappa shape index (κ3) is 7.03. The second-order valence-corrected chi connectivity index (χ2v) is 6.03. The lowest BCUT2D eigenvalue weighted by molar-refractivity contribution is 0.157. The summed E-state index contributed by atoms with van der Waals surface area (Å²) in [4.78, 5) is 6.96. The van der Waals surface area contributed by atoms with Gasteiger partial charge in [-0.3, -0.25) is 0 Å². The predicted octanol–water partition coefficient (Wildman–Crippen LogP) is 3.27. The maximum atomic E-state index is 5.94. The lowest BCUT2D eigenvalue weighted by Gasteiger charge is -2.21. The van der Waals surface area contributed by atoms with Crippen molar-refractivity contribution in [3.8, 4) is 5.75 Å². The van der Waals surface area contributed by atoms with Gasteiger partial charge in [-0.2, -0.15) is 0 Å². The summed E-state index contributed by atoms with van der Waals surface area (Å²) in [5.74, 6) is 2.33. The molecule has 1 aliphatic heterocycles. The van der Waals surface area contributed by atoms with Crippen LogP contribution in [-0.2, 0) is 4.74 Å². The first-order valence-electron chi connectivity index (χ1n) is 8.13. The van der Waals surface area contributed by atoms with Crippen LogP contribution in [-0.4, -0.2) is 57.4 Å². The number of guanidine groups is 1. The molecule has 0 aromatic heterocycles. The summed E-state index contributed by atoms with van der Waals surface area (Å²) in [6.45, 7) is 6.92. The van der Waals surface area contributed by atoms with Crippen LogP contribution in [0.5, 0.6) is 5.75 Å². The zero-order chi connectivity index (χ0) is 16.5. The molecule has 1 aliphatic rings. The highest BCUT2D eigenvalue weighted by atomic mass is 127. The van der Waals surface area contributed by atoms with Gasteiger partial charge in [0.25, 0.3) is 0 Å². The minimum absolute atomic E-state index is 0. The van der Waals surface area contributed by atoms with Crippen LogP contribution in [0.15, 0.2) is 29.3 Å². The van der Waals surface area contributed by atoms with Crippen LogP contribution in [0.25, 0.3) is 0 Å². The van der Waals surface area contributed by atoms with Crippen LogP contribution >= 0.6 is 35.6 Å². The van der Waals surface area contributed by atoms with E-state index in [1.54, 1.807) is 7.11 Å². The highest BCUT2D eigenvalue weighted by Crippen LogP contribution is 2.17. The molecule has 0 spiro atoms. The van der Waals surface area contributed by atoms with Gasteiger partial charge in [0.15, 0.2) is 5.96 Å². The molecule has 0 saturated carbocycles. The largest absolute Gasteiger partial charge is 0.492 e. The van der Waals surface area contributed by atoms with Gasteiger partial charge in [-0.1, -0.05) is 17.7 Å². The van der Waals surface area contributed by atoms with E-state index < -0.39 is 0 Å². The summed E-state index contributed by atoms with van der Waals surface area (Å²) >= 11 is 5.94. The molecular weight excluding hydrogens is 441 g/mol. The fourth-order valence-electron chi connectivity index (χ4n) is 2.69. The number of aliphatic imine (C=N–C) groups is 1. The molecule has 0 bridgehead atoms. The summed E-state index contributed by atoms with van der Waals surface area (Å²) in [7, 11) is 1.76. The van der Waals surface area contributed by atoms with Crippen LogP contribution in [0.4, 0.5) is 0 Å². The number of rotatable bonds is 7. The molecule has 7 heteroatoms. The van der Waals surface area contributed by atoms with Crippen molar-refractivity contribution in [3.05, 3.63) is 29.3 Å². The monoisotopic (exact) mass is 467 g/mol. The number of benzene rings is 1. The highest BCUT2D eigenvalue weighted by molar-refractivity contribution is 14.0. The van der Waals surface area contributed by atoms with E-state index >= 15 is 0 Å². The van der Waals surface area contributed by atoms with Crippen LogP contribution in [0.1, 0.15) is 13.3 Å². The van der Waals surface area contributed by atoms with Gasteiger partial charge in [0.2, 0.25) is 0 Å². The van der Waals surface area contributed by atoms with E-state index in [0.717, 1.165) is 44.4 Å². The lowest BCUT2D eigenvalue weighted by Crippen LogP contribution is -2.40. The van der Waals surface area contributed by atoms with Crippen molar-refractivity contribution in [1.82, 2.24) is 10.2 Å². The Kier molecular flexibility index (Phi) is 10.4. The number of likely N-dealkylation sites (tertiary alicyclic amines) is 1. The molecule has 24 heavy (non-hydrogen) atoms. The van der Waals surface area contributed by atoms with E-state index in [1.165, 1.54) is 0 Å². The quantitative estimate of drug-likeness (QED) is 0.289. The molecule has 0 radical (unpaired) electrons. The predicted molar refractivity (Wildman–Crippen MR) is 110 cm³/mol. The number of ether oxygens (including phenoxy) is 2. The van der Waals surface area contributed by atoms with E-state index in [-0.39, 0.29) is 24.0 Å². The molecule has 1 fully saturated rings. The molecule has 0 aliphatic carbocycles. The third-order valence-electron chi connectivity index (χ3n) is 3.74. The Morgan fingerprint density at radius 3 is 3.00 bits per heavy atom. The second kappa shape index (κ2) is 11.8. The van der Waals surface area contributed by atoms with E-state index in [1.807, 2.05) is 24.3 Å². The Balaban J connectivity index is 0.00000288. The molecule has 5 nitrogen and oxygen atoms in total. The number of nitrogens with one attached hydrogen (secondary N) is 1. The average molecular weight is 468 g/mol.